The number of amides is 2. The number of piperazine rings is 1. The van der Waals surface area contributed by atoms with Crippen molar-refractivity contribution in [3.05, 3.63) is 94.3 Å². The molecular weight excluding hydrogens is 406 g/mol. The van der Waals surface area contributed by atoms with E-state index in [0.29, 0.717) is 17.0 Å². The van der Waals surface area contributed by atoms with E-state index in [9.17, 15) is 9.59 Å². The van der Waals surface area contributed by atoms with Crippen molar-refractivity contribution in [1.82, 2.24) is 9.80 Å². The van der Waals surface area contributed by atoms with Crippen molar-refractivity contribution in [2.75, 3.05) is 31.1 Å². The Balaban J connectivity index is 1.41. The molecule has 0 spiro atoms. The lowest BCUT2D eigenvalue weighted by atomic mass is 10.1. The van der Waals surface area contributed by atoms with E-state index in [2.05, 4.69) is 34.1 Å². The third-order valence-corrected chi connectivity index (χ3v) is 6.67. The number of carbonyl (C=O) groups is 2. The minimum atomic E-state index is -0.236. The normalized spacial score (nSPS) is 17.7. The molecule has 0 unspecified atom stereocenters. The Labute approximate surface area is 185 Å². The van der Waals surface area contributed by atoms with Gasteiger partial charge in [-0.2, -0.15) is 0 Å². The highest BCUT2D eigenvalue weighted by Gasteiger charge is 2.43. The van der Waals surface area contributed by atoms with Gasteiger partial charge in [0.25, 0.3) is 11.8 Å². The maximum Gasteiger partial charge on any atom is 0.282 e. The van der Waals surface area contributed by atoms with Crippen LogP contribution in [0.4, 0.5) is 5.69 Å². The van der Waals surface area contributed by atoms with Crippen molar-refractivity contribution in [2.45, 2.75) is 6.54 Å². The van der Waals surface area contributed by atoms with Crippen LogP contribution in [0.25, 0.3) is 5.57 Å². The van der Waals surface area contributed by atoms with E-state index in [1.807, 2.05) is 53.9 Å². The molecule has 0 N–H and O–H groups in total. The highest BCUT2D eigenvalue weighted by molar-refractivity contribution is 7.11. The number of hydrogen-bond donors (Lipinski definition) is 0. The standard InChI is InChI=1S/C25H23N3O2S/c29-24-22(21-12-7-17-31-21)23(25(30)28(24)20-10-5-2-6-11-20)27-15-13-26(14-16-27)18-19-8-3-1-4-9-19/h1-12,17H,13-16,18H2. The van der Waals surface area contributed by atoms with Crippen LogP contribution >= 0.6 is 11.3 Å². The Hall–Kier alpha value is -3.22. The maximum absolute atomic E-state index is 13.5. The molecule has 31 heavy (non-hydrogen) atoms. The van der Waals surface area contributed by atoms with Crippen LogP contribution in [-0.2, 0) is 16.1 Å². The quantitative estimate of drug-likeness (QED) is 0.578. The maximum atomic E-state index is 13.5. The molecule has 0 radical (unpaired) electrons. The van der Waals surface area contributed by atoms with Gasteiger partial charge in [0.15, 0.2) is 0 Å². The van der Waals surface area contributed by atoms with Gasteiger partial charge in [-0.15, -0.1) is 11.3 Å². The monoisotopic (exact) mass is 429 g/mol. The zero-order valence-electron chi connectivity index (χ0n) is 17.1. The summed E-state index contributed by atoms with van der Waals surface area (Å²) in [6.45, 7) is 4.04. The molecule has 1 aromatic heterocycles. The Morgan fingerprint density at radius 2 is 1.42 bits per heavy atom. The van der Waals surface area contributed by atoms with Crippen LogP contribution in [0.1, 0.15) is 10.4 Å². The summed E-state index contributed by atoms with van der Waals surface area (Å²) in [5, 5.41) is 1.95. The van der Waals surface area contributed by atoms with Gasteiger partial charge in [-0.05, 0) is 29.1 Å². The van der Waals surface area contributed by atoms with Crippen molar-refractivity contribution in [3.8, 4) is 0 Å². The number of para-hydroxylation sites is 1. The third-order valence-electron chi connectivity index (χ3n) is 5.78. The third kappa shape index (κ3) is 3.80. The predicted octanol–water partition coefficient (Wildman–Crippen LogP) is 3.85. The van der Waals surface area contributed by atoms with Gasteiger partial charge in [0.05, 0.1) is 11.3 Å². The van der Waals surface area contributed by atoms with Crippen molar-refractivity contribution < 1.29 is 9.59 Å². The number of imide groups is 1. The molecule has 3 aromatic rings. The zero-order chi connectivity index (χ0) is 21.2. The summed E-state index contributed by atoms with van der Waals surface area (Å²) in [6, 6.07) is 23.5. The predicted molar refractivity (Wildman–Crippen MR) is 123 cm³/mol. The van der Waals surface area contributed by atoms with Gasteiger partial charge in [0.1, 0.15) is 5.70 Å². The molecule has 0 bridgehead atoms. The van der Waals surface area contributed by atoms with Crippen LogP contribution in [0, 0.1) is 0 Å². The van der Waals surface area contributed by atoms with Crippen LogP contribution < -0.4 is 4.90 Å². The van der Waals surface area contributed by atoms with E-state index < -0.39 is 0 Å². The minimum absolute atomic E-state index is 0.226. The highest BCUT2D eigenvalue weighted by Crippen LogP contribution is 2.36. The van der Waals surface area contributed by atoms with Crippen LogP contribution in [0.3, 0.4) is 0 Å². The molecule has 2 aliphatic heterocycles. The average molecular weight is 430 g/mol. The number of rotatable bonds is 5. The fraction of sp³-hybridized carbons (Fsp3) is 0.200. The lowest BCUT2D eigenvalue weighted by molar-refractivity contribution is -0.120. The first-order chi connectivity index (χ1) is 15.2. The van der Waals surface area contributed by atoms with Gasteiger partial charge in [0, 0.05) is 37.6 Å². The molecular formula is C25H23N3O2S. The van der Waals surface area contributed by atoms with Crippen molar-refractivity contribution >= 4 is 34.4 Å². The molecule has 1 saturated heterocycles. The molecule has 3 heterocycles. The lowest BCUT2D eigenvalue weighted by Gasteiger charge is -2.36. The van der Waals surface area contributed by atoms with Crippen LogP contribution in [0.5, 0.6) is 0 Å². The number of nitrogens with zero attached hydrogens (tertiary/aromatic N) is 3. The molecule has 0 atom stereocenters. The van der Waals surface area contributed by atoms with Crippen LogP contribution in [0.15, 0.2) is 83.9 Å². The van der Waals surface area contributed by atoms with Crippen LogP contribution in [-0.4, -0.2) is 47.8 Å². The molecule has 5 nitrogen and oxygen atoms in total. The molecule has 2 amide bonds. The van der Waals surface area contributed by atoms with Gasteiger partial charge in [-0.1, -0.05) is 54.6 Å². The first-order valence-corrected chi connectivity index (χ1v) is 11.3. The summed E-state index contributed by atoms with van der Waals surface area (Å²) < 4.78 is 0. The first-order valence-electron chi connectivity index (χ1n) is 10.5. The summed E-state index contributed by atoms with van der Waals surface area (Å²) in [5.41, 5.74) is 2.97. The SMILES string of the molecule is O=C1C(c2cccs2)=C(N2CCN(Cc3ccccc3)CC2)C(=O)N1c1ccccc1. The van der Waals surface area contributed by atoms with E-state index in [-0.39, 0.29) is 11.8 Å². The second-order valence-corrected chi connectivity index (χ2v) is 8.68. The Kier molecular flexibility index (Phi) is 5.40. The Morgan fingerprint density at radius 3 is 2.06 bits per heavy atom. The number of thiophene rings is 1. The molecule has 2 aliphatic rings. The topological polar surface area (TPSA) is 43.9 Å². The molecule has 5 rings (SSSR count). The Morgan fingerprint density at radius 1 is 0.742 bits per heavy atom. The van der Waals surface area contributed by atoms with Gasteiger partial charge in [-0.25, -0.2) is 4.90 Å². The number of carbonyl (C=O) groups excluding carboxylic acids is 2. The summed E-state index contributed by atoms with van der Waals surface area (Å²) in [7, 11) is 0. The zero-order valence-corrected chi connectivity index (χ0v) is 17.9. The van der Waals surface area contributed by atoms with Gasteiger partial charge < -0.3 is 4.90 Å². The summed E-state index contributed by atoms with van der Waals surface area (Å²) in [6.07, 6.45) is 0. The van der Waals surface area contributed by atoms with Gasteiger partial charge in [0.2, 0.25) is 0 Å². The average Bonchev–Trinajstić information content (AvgIpc) is 3.42. The van der Waals surface area contributed by atoms with Gasteiger partial charge >= 0.3 is 0 Å². The van der Waals surface area contributed by atoms with E-state index in [0.717, 1.165) is 37.6 Å². The van der Waals surface area contributed by atoms with E-state index in [4.69, 9.17) is 0 Å². The first kappa shape index (κ1) is 19.7. The summed E-state index contributed by atoms with van der Waals surface area (Å²) >= 11 is 1.50. The second-order valence-electron chi connectivity index (χ2n) is 7.73. The fourth-order valence-electron chi connectivity index (χ4n) is 4.24. The second kappa shape index (κ2) is 8.49. The van der Waals surface area contributed by atoms with Crippen molar-refractivity contribution in [2.24, 2.45) is 0 Å². The molecule has 6 heteroatoms. The largest absolute Gasteiger partial charge is 0.364 e. The molecule has 0 saturated carbocycles. The molecule has 0 aliphatic carbocycles. The molecule has 2 aromatic carbocycles. The summed E-state index contributed by atoms with van der Waals surface area (Å²) in [4.78, 5) is 33.5. The van der Waals surface area contributed by atoms with Crippen LogP contribution in [0.2, 0.25) is 0 Å². The summed E-state index contributed by atoms with van der Waals surface area (Å²) in [5.74, 6) is -0.462. The number of benzene rings is 2. The van der Waals surface area contributed by atoms with Crippen molar-refractivity contribution in [3.63, 3.8) is 0 Å². The molecule has 1 fully saturated rings. The van der Waals surface area contributed by atoms with E-state index in [1.165, 1.54) is 21.8 Å². The molecule has 156 valence electrons. The minimum Gasteiger partial charge on any atom is -0.364 e. The number of anilines is 1. The van der Waals surface area contributed by atoms with E-state index >= 15 is 0 Å². The number of hydrogen-bond acceptors (Lipinski definition) is 5. The Bertz CT molecular complexity index is 1100. The smallest absolute Gasteiger partial charge is 0.282 e. The lowest BCUT2D eigenvalue weighted by Crippen LogP contribution is -2.47. The highest BCUT2D eigenvalue weighted by atomic mass is 32.1. The van der Waals surface area contributed by atoms with E-state index in [1.54, 1.807) is 0 Å². The van der Waals surface area contributed by atoms with Gasteiger partial charge in [-0.3, -0.25) is 14.5 Å². The van der Waals surface area contributed by atoms with Crippen molar-refractivity contribution in [1.29, 1.82) is 0 Å². The fourth-order valence-corrected chi connectivity index (χ4v) is 5.00.